The molecule has 1 heterocycles. The molecule has 0 radical (unpaired) electrons. The van der Waals surface area contributed by atoms with Crippen molar-refractivity contribution in [2.45, 2.75) is 6.92 Å². The van der Waals surface area contributed by atoms with Crippen LogP contribution in [0.25, 0.3) is 11.0 Å². The molecule has 0 saturated carbocycles. The van der Waals surface area contributed by atoms with E-state index in [1.807, 2.05) is 0 Å². The van der Waals surface area contributed by atoms with Gasteiger partial charge in [-0.1, -0.05) is 0 Å². The molecule has 0 aliphatic heterocycles. The fourth-order valence-electron chi connectivity index (χ4n) is 1.51. The molecule has 1 aromatic heterocycles. The van der Waals surface area contributed by atoms with Crippen molar-refractivity contribution in [3.8, 4) is 11.5 Å². The quantitative estimate of drug-likeness (QED) is 0.452. The van der Waals surface area contributed by atoms with E-state index in [0.717, 1.165) is 0 Å². The lowest BCUT2D eigenvalue weighted by molar-refractivity contribution is 0.101. The predicted molar refractivity (Wildman–Crippen MR) is 60.4 cm³/mol. The van der Waals surface area contributed by atoms with E-state index < -0.39 is 11.5 Å². The van der Waals surface area contributed by atoms with E-state index in [9.17, 15) is 15.0 Å². The Balaban J connectivity index is 3.02. The summed E-state index contributed by atoms with van der Waals surface area (Å²) in [6.07, 6.45) is 0. The maximum atomic E-state index is 11.4. The van der Waals surface area contributed by atoms with Crippen molar-refractivity contribution in [2.75, 3.05) is 0 Å². The minimum absolute atomic E-state index is 0.0540. The summed E-state index contributed by atoms with van der Waals surface area (Å²) in [4.78, 5) is 11.4. The van der Waals surface area contributed by atoms with Gasteiger partial charge in [-0.3, -0.25) is 4.79 Å². The first-order valence-corrected chi connectivity index (χ1v) is 4.91. The highest BCUT2D eigenvalue weighted by atomic mass is 32.1. The van der Waals surface area contributed by atoms with Crippen LogP contribution in [-0.2, 0) is 0 Å². The van der Waals surface area contributed by atoms with E-state index in [1.165, 1.54) is 19.1 Å². The predicted octanol–water partition coefficient (Wildman–Crippen LogP) is 2.78. The Morgan fingerprint density at radius 3 is 2.69 bits per heavy atom. The lowest BCUT2D eigenvalue weighted by atomic mass is 10.1. The monoisotopic (exact) mass is 236 g/mol. The van der Waals surface area contributed by atoms with Crippen molar-refractivity contribution in [3.63, 3.8) is 0 Å². The van der Waals surface area contributed by atoms with Gasteiger partial charge in [0.05, 0.1) is 0 Å². The zero-order valence-electron chi connectivity index (χ0n) is 8.35. The largest absolute Gasteiger partial charge is 0.504 e. The fourth-order valence-corrected chi connectivity index (χ4v) is 1.67. The summed E-state index contributed by atoms with van der Waals surface area (Å²) < 4.78 is 5.42. The second-order valence-electron chi connectivity index (χ2n) is 3.35. The Morgan fingerprint density at radius 1 is 1.38 bits per heavy atom. The van der Waals surface area contributed by atoms with Gasteiger partial charge in [-0.2, -0.15) is 0 Å². The molecule has 0 spiro atoms. The maximum Gasteiger partial charge on any atom is 0.190 e. The van der Waals surface area contributed by atoms with E-state index in [2.05, 4.69) is 0 Å². The van der Waals surface area contributed by atoms with Crippen LogP contribution in [0.15, 0.2) is 22.6 Å². The molecule has 16 heavy (non-hydrogen) atoms. The van der Waals surface area contributed by atoms with Gasteiger partial charge in [0.1, 0.15) is 5.56 Å². The number of ketones is 1. The number of benzene rings is 1. The summed E-state index contributed by atoms with van der Waals surface area (Å²) >= 11 is 4.84. The van der Waals surface area contributed by atoms with Gasteiger partial charge in [-0.25, -0.2) is 0 Å². The molecule has 0 unspecified atom stereocenters. The van der Waals surface area contributed by atoms with Crippen molar-refractivity contribution >= 4 is 29.0 Å². The van der Waals surface area contributed by atoms with Crippen molar-refractivity contribution in [1.29, 1.82) is 0 Å². The van der Waals surface area contributed by atoms with Crippen LogP contribution in [0.2, 0.25) is 0 Å². The molecule has 0 bridgehead atoms. The lowest BCUT2D eigenvalue weighted by Crippen LogP contribution is -1.95. The molecule has 82 valence electrons. The number of phenolic OH excluding ortho intramolecular Hbond substituents is 2. The Kier molecular flexibility index (Phi) is 2.40. The first-order valence-electron chi connectivity index (χ1n) is 4.50. The second kappa shape index (κ2) is 3.61. The Morgan fingerprint density at radius 2 is 2.06 bits per heavy atom. The minimum Gasteiger partial charge on any atom is -0.504 e. The summed E-state index contributed by atoms with van der Waals surface area (Å²) in [5.74, 6) is -1.24. The summed E-state index contributed by atoms with van der Waals surface area (Å²) in [7, 11) is 0. The SMILES string of the molecule is CC(=O)c1c(O)c(O)cc2ccc(=S)oc12. The normalized spacial score (nSPS) is 10.6. The van der Waals surface area contributed by atoms with Gasteiger partial charge in [-0.05, 0) is 37.3 Å². The number of carbonyl (C=O) groups is 1. The van der Waals surface area contributed by atoms with Gasteiger partial charge >= 0.3 is 0 Å². The zero-order valence-corrected chi connectivity index (χ0v) is 9.17. The van der Waals surface area contributed by atoms with Gasteiger partial charge in [-0.15, -0.1) is 0 Å². The smallest absolute Gasteiger partial charge is 0.190 e. The molecule has 2 N–H and O–H groups in total. The van der Waals surface area contributed by atoms with Crippen LogP contribution in [0, 0.1) is 4.71 Å². The van der Waals surface area contributed by atoms with Gasteiger partial charge in [0.25, 0.3) is 0 Å². The number of rotatable bonds is 1. The van der Waals surface area contributed by atoms with Gasteiger partial charge in [0.2, 0.25) is 0 Å². The van der Waals surface area contributed by atoms with Crippen LogP contribution in [-0.4, -0.2) is 16.0 Å². The standard InChI is InChI=1S/C11H8O4S/c1-5(12)9-10(14)7(13)4-6-2-3-8(16)15-11(6)9/h2-4,13-14H,1H3. The molecule has 5 heteroatoms. The van der Waals surface area contributed by atoms with Crippen LogP contribution in [0.4, 0.5) is 0 Å². The highest BCUT2D eigenvalue weighted by Crippen LogP contribution is 2.36. The number of hydrogen-bond acceptors (Lipinski definition) is 5. The molecule has 2 aromatic rings. The van der Waals surface area contributed by atoms with Crippen LogP contribution in [0.5, 0.6) is 11.5 Å². The molecule has 0 aliphatic carbocycles. The van der Waals surface area contributed by atoms with E-state index in [0.29, 0.717) is 5.39 Å². The van der Waals surface area contributed by atoms with E-state index in [1.54, 1.807) is 6.07 Å². The summed E-state index contributed by atoms with van der Waals surface area (Å²) in [6, 6.07) is 4.47. The van der Waals surface area contributed by atoms with Crippen LogP contribution < -0.4 is 0 Å². The highest BCUT2D eigenvalue weighted by Gasteiger charge is 2.17. The maximum absolute atomic E-state index is 11.4. The molecular formula is C11H8O4S. The molecule has 2 rings (SSSR count). The van der Waals surface area contributed by atoms with E-state index >= 15 is 0 Å². The molecule has 0 aliphatic rings. The average Bonchev–Trinajstić information content (AvgIpc) is 2.20. The van der Waals surface area contributed by atoms with Crippen LogP contribution >= 0.6 is 12.2 Å². The third-order valence-corrected chi connectivity index (χ3v) is 2.43. The van der Waals surface area contributed by atoms with E-state index in [4.69, 9.17) is 16.6 Å². The topological polar surface area (TPSA) is 70.7 Å². The number of carbonyl (C=O) groups excluding carboxylic acids is 1. The molecule has 0 amide bonds. The highest BCUT2D eigenvalue weighted by molar-refractivity contribution is 7.71. The van der Waals surface area contributed by atoms with Crippen LogP contribution in [0.3, 0.4) is 0 Å². The third-order valence-electron chi connectivity index (χ3n) is 2.21. The molecular weight excluding hydrogens is 228 g/mol. The number of hydrogen-bond donors (Lipinski definition) is 2. The van der Waals surface area contributed by atoms with Gasteiger partial charge < -0.3 is 14.6 Å². The molecule has 1 aromatic carbocycles. The van der Waals surface area contributed by atoms with Crippen LogP contribution in [0.1, 0.15) is 17.3 Å². The van der Waals surface area contributed by atoms with Crippen molar-refractivity contribution in [1.82, 2.24) is 0 Å². The van der Waals surface area contributed by atoms with Crippen molar-refractivity contribution in [2.24, 2.45) is 0 Å². The fraction of sp³-hybridized carbons (Fsp3) is 0.0909. The molecule has 4 nitrogen and oxygen atoms in total. The number of phenols is 2. The number of aromatic hydroxyl groups is 2. The Hall–Kier alpha value is -1.88. The summed E-state index contributed by atoms with van der Waals surface area (Å²) in [5.41, 5.74) is 0.136. The van der Waals surface area contributed by atoms with Gasteiger partial charge in [0.15, 0.2) is 27.6 Å². The minimum atomic E-state index is -0.482. The second-order valence-corrected chi connectivity index (χ2v) is 3.75. The number of Topliss-reactive ketones (excluding diaryl/α,β-unsaturated/α-hetero) is 1. The van der Waals surface area contributed by atoms with E-state index in [-0.39, 0.29) is 21.6 Å². The first kappa shape index (κ1) is 10.6. The summed E-state index contributed by atoms with van der Waals surface area (Å²) in [5, 5.41) is 19.5. The zero-order chi connectivity index (χ0) is 11.9. The van der Waals surface area contributed by atoms with Gasteiger partial charge in [0, 0.05) is 5.39 Å². The molecule has 0 atom stereocenters. The molecule has 0 fully saturated rings. The lowest BCUT2D eigenvalue weighted by Gasteiger charge is -2.06. The molecule has 0 saturated heterocycles. The Bertz CT molecular complexity index is 642. The third kappa shape index (κ3) is 1.55. The van der Waals surface area contributed by atoms with Crippen molar-refractivity contribution in [3.05, 3.63) is 28.5 Å². The Labute approximate surface area is 95.8 Å². The van der Waals surface area contributed by atoms with Crippen molar-refractivity contribution < 1.29 is 19.4 Å². The summed E-state index contributed by atoms with van der Waals surface area (Å²) in [6.45, 7) is 1.28. The first-order chi connectivity index (χ1) is 7.50. The average molecular weight is 236 g/mol. The number of fused-ring (bicyclic) bond motifs is 1.